The lowest BCUT2D eigenvalue weighted by Crippen LogP contribution is -1.96. The van der Waals surface area contributed by atoms with Crippen molar-refractivity contribution >= 4 is 22.3 Å². The summed E-state index contributed by atoms with van der Waals surface area (Å²) in [7, 11) is 0. The van der Waals surface area contributed by atoms with Gasteiger partial charge < -0.3 is 9.15 Å². The zero-order chi connectivity index (χ0) is 18.2. The van der Waals surface area contributed by atoms with Gasteiger partial charge in [0.2, 0.25) is 0 Å². The zero-order valence-electron chi connectivity index (χ0n) is 14.9. The quantitative estimate of drug-likeness (QED) is 0.277. The Hall–Kier alpha value is -2.95. The van der Waals surface area contributed by atoms with Gasteiger partial charge in [-0.25, -0.2) is 4.79 Å². The maximum absolute atomic E-state index is 11.2. The summed E-state index contributed by atoms with van der Waals surface area (Å²) in [6, 6.07) is 16.0. The monoisotopic (exact) mass is 350 g/mol. The molecule has 5 nitrogen and oxygen atoms in total. The Morgan fingerprint density at radius 3 is 2.46 bits per heavy atom. The van der Waals surface area contributed by atoms with Crippen LogP contribution in [0.3, 0.4) is 0 Å². The molecule has 2 aromatic carbocycles. The van der Waals surface area contributed by atoms with E-state index in [-0.39, 0.29) is 5.63 Å². The van der Waals surface area contributed by atoms with Gasteiger partial charge in [0.25, 0.3) is 0 Å². The van der Waals surface area contributed by atoms with Crippen LogP contribution < -0.4 is 10.4 Å². The second kappa shape index (κ2) is 8.94. The minimum Gasteiger partial charge on any atom is -0.494 e. The molecule has 0 fully saturated rings. The van der Waals surface area contributed by atoms with Gasteiger partial charge in [-0.05, 0) is 55.0 Å². The first-order valence-electron chi connectivity index (χ1n) is 8.93. The number of nitrogens with zero attached hydrogens (tertiary/aromatic N) is 2. The average Bonchev–Trinajstić information content (AvgIpc) is 2.67. The van der Waals surface area contributed by atoms with Gasteiger partial charge in [0, 0.05) is 11.5 Å². The van der Waals surface area contributed by atoms with E-state index in [2.05, 4.69) is 17.2 Å². The van der Waals surface area contributed by atoms with Crippen LogP contribution in [0.5, 0.6) is 5.75 Å². The van der Waals surface area contributed by atoms with Gasteiger partial charge in [0.1, 0.15) is 11.3 Å². The molecule has 0 bridgehead atoms. The van der Waals surface area contributed by atoms with Crippen molar-refractivity contribution in [1.29, 1.82) is 0 Å². The summed E-state index contributed by atoms with van der Waals surface area (Å²) in [5.74, 6) is 0.848. The largest absolute Gasteiger partial charge is 0.494 e. The topological polar surface area (TPSA) is 64.2 Å². The molecule has 134 valence electrons. The third-order valence-electron chi connectivity index (χ3n) is 3.99. The van der Waals surface area contributed by atoms with Gasteiger partial charge in [-0.1, -0.05) is 26.2 Å². The number of fused-ring (bicyclic) bond motifs is 1. The van der Waals surface area contributed by atoms with Gasteiger partial charge >= 0.3 is 5.63 Å². The van der Waals surface area contributed by atoms with Crippen molar-refractivity contribution in [2.75, 3.05) is 6.61 Å². The number of ether oxygens (including phenoxy) is 1. The molecular formula is C21H22N2O3. The second-order valence-corrected chi connectivity index (χ2v) is 6.08. The molecule has 26 heavy (non-hydrogen) atoms. The Labute approximate surface area is 152 Å². The number of unbranched alkanes of at least 4 members (excludes halogenated alkanes) is 3. The Bertz CT molecular complexity index is 930. The summed E-state index contributed by atoms with van der Waals surface area (Å²) in [5, 5.41) is 9.29. The van der Waals surface area contributed by atoms with E-state index >= 15 is 0 Å². The van der Waals surface area contributed by atoms with Crippen LogP contribution in [0.15, 0.2) is 74.0 Å². The van der Waals surface area contributed by atoms with Crippen LogP contribution in [0.1, 0.15) is 32.6 Å². The van der Waals surface area contributed by atoms with E-state index in [0.717, 1.165) is 29.9 Å². The molecule has 0 amide bonds. The van der Waals surface area contributed by atoms with E-state index in [4.69, 9.17) is 9.15 Å². The SMILES string of the molecule is CCCCCCOc1ccc(N=Nc2ccc3oc(=O)ccc3c2)cc1. The maximum Gasteiger partial charge on any atom is 0.336 e. The summed E-state index contributed by atoms with van der Waals surface area (Å²) in [4.78, 5) is 11.2. The van der Waals surface area contributed by atoms with E-state index in [1.807, 2.05) is 30.3 Å². The molecule has 0 N–H and O–H groups in total. The van der Waals surface area contributed by atoms with Crippen molar-refractivity contribution in [2.24, 2.45) is 10.2 Å². The summed E-state index contributed by atoms with van der Waals surface area (Å²) in [6.07, 6.45) is 4.77. The van der Waals surface area contributed by atoms with Gasteiger partial charge in [-0.15, -0.1) is 0 Å². The smallest absolute Gasteiger partial charge is 0.336 e. The van der Waals surface area contributed by atoms with Crippen molar-refractivity contribution in [1.82, 2.24) is 0 Å². The molecule has 0 aliphatic rings. The molecule has 5 heteroatoms. The number of rotatable bonds is 8. The van der Waals surface area contributed by atoms with Crippen LogP contribution in [0.2, 0.25) is 0 Å². The van der Waals surface area contributed by atoms with Gasteiger partial charge in [0.05, 0.1) is 18.0 Å². The lowest BCUT2D eigenvalue weighted by Gasteiger charge is -2.05. The fraction of sp³-hybridized carbons (Fsp3) is 0.286. The lowest BCUT2D eigenvalue weighted by atomic mass is 10.2. The van der Waals surface area contributed by atoms with Crippen molar-refractivity contribution < 1.29 is 9.15 Å². The fourth-order valence-corrected chi connectivity index (χ4v) is 2.56. The number of azo groups is 1. The molecule has 0 aliphatic heterocycles. The van der Waals surface area contributed by atoms with E-state index in [1.165, 1.54) is 25.3 Å². The van der Waals surface area contributed by atoms with Crippen molar-refractivity contribution in [3.8, 4) is 5.75 Å². The number of hydrogen-bond donors (Lipinski definition) is 0. The third kappa shape index (κ3) is 5.02. The Morgan fingerprint density at radius 1 is 0.885 bits per heavy atom. The molecule has 1 aromatic heterocycles. The molecule has 3 aromatic rings. The number of hydrogen-bond acceptors (Lipinski definition) is 5. The zero-order valence-corrected chi connectivity index (χ0v) is 14.9. The normalized spacial score (nSPS) is 11.3. The second-order valence-electron chi connectivity index (χ2n) is 6.08. The summed E-state index contributed by atoms with van der Waals surface area (Å²) < 4.78 is 10.8. The highest BCUT2D eigenvalue weighted by atomic mass is 16.5. The van der Waals surface area contributed by atoms with Crippen LogP contribution >= 0.6 is 0 Å². The Kier molecular flexibility index (Phi) is 6.14. The maximum atomic E-state index is 11.2. The highest BCUT2D eigenvalue weighted by molar-refractivity contribution is 5.79. The predicted molar refractivity (Wildman–Crippen MR) is 103 cm³/mol. The highest BCUT2D eigenvalue weighted by Gasteiger charge is 1.99. The molecule has 0 saturated heterocycles. The summed E-state index contributed by atoms with van der Waals surface area (Å²) >= 11 is 0. The lowest BCUT2D eigenvalue weighted by molar-refractivity contribution is 0.305. The van der Waals surface area contributed by atoms with Crippen LogP contribution in [0.4, 0.5) is 11.4 Å². The summed E-state index contributed by atoms with van der Waals surface area (Å²) in [6.45, 7) is 2.94. The van der Waals surface area contributed by atoms with Gasteiger partial charge in [-0.3, -0.25) is 0 Å². The van der Waals surface area contributed by atoms with Crippen molar-refractivity contribution in [3.63, 3.8) is 0 Å². The standard InChI is InChI=1S/C21H22N2O3/c1-2-3-4-5-14-25-19-10-7-17(8-11-19)22-23-18-9-12-20-16(15-18)6-13-21(24)26-20/h6-13,15H,2-5,14H2,1H3. The Morgan fingerprint density at radius 2 is 1.65 bits per heavy atom. The van der Waals surface area contributed by atoms with Crippen molar-refractivity contribution in [3.05, 3.63) is 65.0 Å². The van der Waals surface area contributed by atoms with Crippen LogP contribution in [0, 0.1) is 0 Å². The minimum atomic E-state index is -0.362. The van der Waals surface area contributed by atoms with Crippen LogP contribution in [-0.2, 0) is 0 Å². The molecule has 0 aliphatic carbocycles. The fourth-order valence-electron chi connectivity index (χ4n) is 2.56. The first-order chi connectivity index (χ1) is 12.7. The highest BCUT2D eigenvalue weighted by Crippen LogP contribution is 2.24. The summed E-state index contributed by atoms with van der Waals surface area (Å²) in [5.41, 5.74) is 1.63. The predicted octanol–water partition coefficient (Wildman–Crippen LogP) is 6.17. The van der Waals surface area contributed by atoms with Crippen LogP contribution in [0.25, 0.3) is 11.0 Å². The molecule has 0 spiro atoms. The first-order valence-corrected chi connectivity index (χ1v) is 8.93. The average molecular weight is 350 g/mol. The molecular weight excluding hydrogens is 328 g/mol. The van der Waals surface area contributed by atoms with Crippen molar-refractivity contribution in [2.45, 2.75) is 32.6 Å². The number of benzene rings is 2. The molecule has 0 saturated carbocycles. The van der Waals surface area contributed by atoms with Gasteiger partial charge in [-0.2, -0.15) is 10.2 Å². The molecule has 0 atom stereocenters. The molecule has 0 unspecified atom stereocenters. The van der Waals surface area contributed by atoms with E-state index < -0.39 is 0 Å². The van der Waals surface area contributed by atoms with E-state index in [1.54, 1.807) is 18.2 Å². The van der Waals surface area contributed by atoms with E-state index in [0.29, 0.717) is 11.3 Å². The van der Waals surface area contributed by atoms with Crippen LogP contribution in [-0.4, -0.2) is 6.61 Å². The molecule has 0 radical (unpaired) electrons. The molecule has 1 heterocycles. The third-order valence-corrected chi connectivity index (χ3v) is 3.99. The van der Waals surface area contributed by atoms with E-state index in [9.17, 15) is 4.79 Å². The van der Waals surface area contributed by atoms with Gasteiger partial charge in [0.15, 0.2) is 0 Å². The molecule has 3 rings (SSSR count). The Balaban J connectivity index is 1.59. The minimum absolute atomic E-state index is 0.362. The first kappa shape index (κ1) is 17.9.